The monoisotopic (exact) mass is 237 g/mol. The number of anilines is 2. The van der Waals surface area contributed by atoms with Gasteiger partial charge in [-0.05, 0) is 25.0 Å². The summed E-state index contributed by atoms with van der Waals surface area (Å²) in [6.07, 6.45) is 1.86. The van der Waals surface area contributed by atoms with Crippen molar-refractivity contribution >= 4 is 23.2 Å². The molecule has 0 fully saturated rings. The Morgan fingerprint density at radius 2 is 2.00 bits per heavy atom. The van der Waals surface area contributed by atoms with Crippen molar-refractivity contribution in [1.29, 1.82) is 0 Å². The summed E-state index contributed by atoms with van der Waals surface area (Å²) in [5.41, 5.74) is 1.90. The second-order valence-corrected chi connectivity index (χ2v) is 3.95. The molecule has 2 rings (SSSR count). The Labute approximate surface area is 98.5 Å². The lowest BCUT2D eigenvalue weighted by molar-refractivity contribution is 0.770. The number of halogens is 1. The van der Waals surface area contributed by atoms with Crippen molar-refractivity contribution < 1.29 is 0 Å². The van der Waals surface area contributed by atoms with Gasteiger partial charge < -0.3 is 5.32 Å². The molecule has 0 aliphatic heterocycles. The Morgan fingerprint density at radius 1 is 1.25 bits per heavy atom. The minimum Gasteiger partial charge on any atom is -0.322 e. The quantitative estimate of drug-likeness (QED) is 0.870. The van der Waals surface area contributed by atoms with E-state index in [4.69, 9.17) is 11.6 Å². The molecule has 2 aromatic heterocycles. The van der Waals surface area contributed by atoms with Gasteiger partial charge >= 0.3 is 0 Å². The second-order valence-electron chi connectivity index (χ2n) is 3.59. The molecule has 0 saturated heterocycles. The molecule has 0 aliphatic rings. The van der Waals surface area contributed by atoms with E-state index in [9.17, 15) is 0 Å². The summed E-state index contributed by atoms with van der Waals surface area (Å²) in [6.45, 7) is 3.86. The van der Waals surface area contributed by atoms with Crippen LogP contribution in [0.4, 0.5) is 11.6 Å². The highest BCUT2D eigenvalue weighted by atomic mass is 35.5. The van der Waals surface area contributed by atoms with E-state index in [0.717, 1.165) is 16.9 Å². The average molecular weight is 238 g/mol. The molecule has 0 spiro atoms. The molecular weight excluding hydrogens is 226 g/mol. The fourth-order valence-corrected chi connectivity index (χ4v) is 1.48. The summed E-state index contributed by atoms with van der Waals surface area (Å²) < 4.78 is 1.72. The summed E-state index contributed by atoms with van der Waals surface area (Å²) >= 11 is 5.87. The van der Waals surface area contributed by atoms with Gasteiger partial charge in [0.1, 0.15) is 0 Å². The van der Waals surface area contributed by atoms with Crippen LogP contribution in [0.2, 0.25) is 5.15 Å². The Balaban J connectivity index is 2.32. The molecule has 84 valence electrons. The molecule has 2 heterocycles. The molecule has 2 aromatic rings. The van der Waals surface area contributed by atoms with Crippen LogP contribution in [-0.2, 0) is 7.05 Å². The summed E-state index contributed by atoms with van der Waals surface area (Å²) in [6, 6.07) is 1.87. The molecule has 0 atom stereocenters. The molecule has 0 saturated carbocycles. The van der Waals surface area contributed by atoms with Crippen molar-refractivity contribution in [1.82, 2.24) is 20.0 Å². The van der Waals surface area contributed by atoms with Gasteiger partial charge in [0.05, 0.1) is 0 Å². The predicted octanol–water partition coefficient (Wildman–Crippen LogP) is 2.22. The van der Waals surface area contributed by atoms with Crippen LogP contribution in [0.15, 0.2) is 12.3 Å². The first kappa shape index (κ1) is 10.9. The molecule has 0 radical (unpaired) electrons. The highest BCUT2D eigenvalue weighted by Crippen LogP contribution is 2.22. The van der Waals surface area contributed by atoms with Crippen LogP contribution < -0.4 is 5.32 Å². The Hall–Kier alpha value is -1.62. The lowest BCUT2D eigenvalue weighted by atomic mass is 10.2. The van der Waals surface area contributed by atoms with E-state index in [-0.39, 0.29) is 0 Å². The van der Waals surface area contributed by atoms with Gasteiger partial charge in [0.25, 0.3) is 0 Å². The normalized spacial score (nSPS) is 10.5. The smallest absolute Gasteiger partial charge is 0.157 e. The molecule has 5 nitrogen and oxygen atoms in total. The summed E-state index contributed by atoms with van der Waals surface area (Å²) in [5, 5.41) is 15.6. The minimum atomic E-state index is 0.434. The highest BCUT2D eigenvalue weighted by Gasteiger charge is 2.08. The number of aromatic nitrogens is 4. The number of hydrogen-bond donors (Lipinski definition) is 1. The van der Waals surface area contributed by atoms with E-state index in [1.165, 1.54) is 0 Å². The molecular formula is C10H12ClN5. The largest absolute Gasteiger partial charge is 0.322 e. The van der Waals surface area contributed by atoms with Gasteiger partial charge in [0.15, 0.2) is 16.8 Å². The molecule has 0 aromatic carbocycles. The van der Waals surface area contributed by atoms with Gasteiger partial charge in [-0.3, -0.25) is 4.68 Å². The standard InChI is InChI=1S/C10H12ClN5/c1-6-7(2)10(14-13-9(6)11)12-8-4-5-16(3)15-8/h4-5H,1-3H3,(H,12,14,15). The fraction of sp³-hybridized carbons (Fsp3) is 0.300. The summed E-state index contributed by atoms with van der Waals surface area (Å²) in [5.74, 6) is 1.42. The lowest BCUT2D eigenvalue weighted by Crippen LogP contribution is -2.02. The summed E-state index contributed by atoms with van der Waals surface area (Å²) in [4.78, 5) is 0. The number of rotatable bonds is 2. The molecule has 0 bridgehead atoms. The Morgan fingerprint density at radius 3 is 2.62 bits per heavy atom. The number of aryl methyl sites for hydroxylation is 1. The Bertz CT molecular complexity index is 520. The van der Waals surface area contributed by atoms with E-state index in [1.54, 1.807) is 4.68 Å². The van der Waals surface area contributed by atoms with Crippen LogP contribution in [0.25, 0.3) is 0 Å². The third kappa shape index (κ3) is 1.99. The number of hydrogen-bond acceptors (Lipinski definition) is 4. The van der Waals surface area contributed by atoms with Crippen molar-refractivity contribution in [2.24, 2.45) is 7.05 Å². The third-order valence-electron chi connectivity index (χ3n) is 2.43. The van der Waals surface area contributed by atoms with Gasteiger partial charge in [0.2, 0.25) is 0 Å². The zero-order chi connectivity index (χ0) is 11.7. The molecule has 0 unspecified atom stereocenters. The first-order valence-corrected chi connectivity index (χ1v) is 5.22. The lowest BCUT2D eigenvalue weighted by Gasteiger charge is -2.07. The number of nitrogens with zero attached hydrogens (tertiary/aromatic N) is 4. The zero-order valence-corrected chi connectivity index (χ0v) is 10.1. The van der Waals surface area contributed by atoms with Gasteiger partial charge in [-0.1, -0.05) is 11.6 Å². The first-order chi connectivity index (χ1) is 7.58. The van der Waals surface area contributed by atoms with E-state index in [2.05, 4.69) is 20.6 Å². The highest BCUT2D eigenvalue weighted by molar-refractivity contribution is 6.30. The molecule has 0 amide bonds. The number of nitrogens with one attached hydrogen (secondary N) is 1. The summed E-state index contributed by atoms with van der Waals surface area (Å²) in [7, 11) is 1.86. The van der Waals surface area contributed by atoms with E-state index < -0.39 is 0 Å². The minimum absolute atomic E-state index is 0.434. The predicted molar refractivity (Wildman–Crippen MR) is 63.0 cm³/mol. The van der Waals surface area contributed by atoms with E-state index in [0.29, 0.717) is 11.0 Å². The molecule has 6 heteroatoms. The van der Waals surface area contributed by atoms with Gasteiger partial charge in [-0.25, -0.2) is 0 Å². The van der Waals surface area contributed by atoms with E-state index >= 15 is 0 Å². The van der Waals surface area contributed by atoms with Crippen molar-refractivity contribution in [2.75, 3.05) is 5.32 Å². The van der Waals surface area contributed by atoms with Crippen LogP contribution in [0.3, 0.4) is 0 Å². The van der Waals surface area contributed by atoms with Crippen LogP contribution >= 0.6 is 11.6 Å². The average Bonchev–Trinajstić information content (AvgIpc) is 2.65. The first-order valence-electron chi connectivity index (χ1n) is 4.84. The molecule has 0 aliphatic carbocycles. The second kappa shape index (κ2) is 4.09. The van der Waals surface area contributed by atoms with Crippen molar-refractivity contribution in [3.63, 3.8) is 0 Å². The Kier molecular flexibility index (Phi) is 2.78. The van der Waals surface area contributed by atoms with Crippen molar-refractivity contribution in [3.05, 3.63) is 28.5 Å². The van der Waals surface area contributed by atoms with Gasteiger partial charge in [0, 0.05) is 19.3 Å². The van der Waals surface area contributed by atoms with Gasteiger partial charge in [-0.15, -0.1) is 10.2 Å². The topological polar surface area (TPSA) is 55.6 Å². The van der Waals surface area contributed by atoms with E-state index in [1.807, 2.05) is 33.2 Å². The van der Waals surface area contributed by atoms with Crippen LogP contribution in [0.1, 0.15) is 11.1 Å². The molecule has 16 heavy (non-hydrogen) atoms. The van der Waals surface area contributed by atoms with Gasteiger partial charge in [-0.2, -0.15) is 5.10 Å². The van der Waals surface area contributed by atoms with Crippen LogP contribution in [0.5, 0.6) is 0 Å². The maximum atomic E-state index is 5.87. The molecule has 1 N–H and O–H groups in total. The maximum absolute atomic E-state index is 5.87. The van der Waals surface area contributed by atoms with Crippen molar-refractivity contribution in [2.45, 2.75) is 13.8 Å². The third-order valence-corrected chi connectivity index (χ3v) is 2.78. The van der Waals surface area contributed by atoms with Crippen molar-refractivity contribution in [3.8, 4) is 0 Å². The SMILES string of the molecule is Cc1c(Cl)nnc(Nc2ccn(C)n2)c1C. The van der Waals surface area contributed by atoms with Crippen LogP contribution in [0, 0.1) is 13.8 Å². The maximum Gasteiger partial charge on any atom is 0.157 e. The fourth-order valence-electron chi connectivity index (χ4n) is 1.30. The van der Waals surface area contributed by atoms with Crippen LogP contribution in [-0.4, -0.2) is 20.0 Å². The zero-order valence-electron chi connectivity index (χ0n) is 9.32.